The molecule has 0 bridgehead atoms. The molecule has 1 saturated heterocycles. The van der Waals surface area contributed by atoms with Gasteiger partial charge in [-0.1, -0.05) is 26.0 Å². The standard InChI is InChI=1S/C17H26N2O2.C2H2O4/c1-14(2)11-17(20)19-9-7-18(8-10-19)13-15-5-4-6-16(12-15)21-3;3-1(4)2(5)6/h4-6,12,14H,7-11,13H2,1-3H3;(H,3,4)(H,5,6). The van der Waals surface area contributed by atoms with Crippen LogP contribution in [0.1, 0.15) is 25.8 Å². The van der Waals surface area contributed by atoms with Gasteiger partial charge in [0.15, 0.2) is 0 Å². The number of benzene rings is 1. The SMILES string of the molecule is COc1cccc(CN2CCN(C(=O)CC(C)C)CC2)c1.O=C(O)C(=O)O. The number of carboxylic acid groups (broad SMARTS) is 2. The molecule has 0 atom stereocenters. The van der Waals surface area contributed by atoms with Crippen molar-refractivity contribution in [2.45, 2.75) is 26.8 Å². The Bertz CT molecular complexity index is 627. The summed E-state index contributed by atoms with van der Waals surface area (Å²) in [5, 5.41) is 14.8. The van der Waals surface area contributed by atoms with Crippen molar-refractivity contribution in [1.82, 2.24) is 9.80 Å². The van der Waals surface area contributed by atoms with Crippen LogP contribution in [0.3, 0.4) is 0 Å². The van der Waals surface area contributed by atoms with Crippen LogP contribution in [0.25, 0.3) is 0 Å². The fraction of sp³-hybridized carbons (Fsp3) is 0.526. The highest BCUT2D eigenvalue weighted by Crippen LogP contribution is 2.16. The quantitative estimate of drug-likeness (QED) is 0.746. The van der Waals surface area contributed by atoms with Crippen molar-refractivity contribution in [3.05, 3.63) is 29.8 Å². The van der Waals surface area contributed by atoms with Crippen molar-refractivity contribution in [1.29, 1.82) is 0 Å². The molecule has 0 radical (unpaired) electrons. The van der Waals surface area contributed by atoms with E-state index in [1.165, 1.54) is 5.56 Å². The average Bonchev–Trinajstić information content (AvgIpc) is 2.62. The van der Waals surface area contributed by atoms with E-state index in [2.05, 4.69) is 30.9 Å². The Balaban J connectivity index is 0.000000527. The number of carbonyl (C=O) groups excluding carboxylic acids is 1. The summed E-state index contributed by atoms with van der Waals surface area (Å²) in [5.74, 6) is -2.01. The molecule has 0 saturated carbocycles. The molecule has 2 N–H and O–H groups in total. The monoisotopic (exact) mass is 380 g/mol. The van der Waals surface area contributed by atoms with E-state index in [1.807, 2.05) is 17.0 Å². The number of piperazine rings is 1. The molecular weight excluding hydrogens is 352 g/mol. The fourth-order valence-corrected chi connectivity index (χ4v) is 2.66. The summed E-state index contributed by atoms with van der Waals surface area (Å²) in [7, 11) is 1.69. The first-order valence-electron chi connectivity index (χ1n) is 8.82. The second-order valence-electron chi connectivity index (χ2n) is 6.72. The van der Waals surface area contributed by atoms with Crippen LogP contribution in [0, 0.1) is 5.92 Å². The zero-order valence-corrected chi connectivity index (χ0v) is 16.1. The molecule has 150 valence electrons. The predicted octanol–water partition coefficient (Wildman–Crippen LogP) is 1.54. The van der Waals surface area contributed by atoms with Crippen molar-refractivity contribution in [3.8, 4) is 5.75 Å². The van der Waals surface area contributed by atoms with Gasteiger partial charge in [-0.3, -0.25) is 9.69 Å². The van der Waals surface area contributed by atoms with Gasteiger partial charge in [0.2, 0.25) is 5.91 Å². The molecule has 0 spiro atoms. The minimum absolute atomic E-state index is 0.297. The molecule has 1 fully saturated rings. The van der Waals surface area contributed by atoms with Crippen LogP contribution in [0.2, 0.25) is 0 Å². The molecular formula is C19H28N2O6. The zero-order valence-electron chi connectivity index (χ0n) is 16.1. The van der Waals surface area contributed by atoms with E-state index in [0.29, 0.717) is 18.2 Å². The van der Waals surface area contributed by atoms with E-state index in [9.17, 15) is 4.79 Å². The summed E-state index contributed by atoms with van der Waals surface area (Å²) in [5.41, 5.74) is 1.26. The maximum absolute atomic E-state index is 12.0. The topological polar surface area (TPSA) is 107 Å². The van der Waals surface area contributed by atoms with Crippen LogP contribution in [0.4, 0.5) is 0 Å². The number of methoxy groups -OCH3 is 1. The van der Waals surface area contributed by atoms with Gasteiger partial charge < -0.3 is 19.8 Å². The van der Waals surface area contributed by atoms with Gasteiger partial charge in [0, 0.05) is 39.1 Å². The van der Waals surface area contributed by atoms with Gasteiger partial charge >= 0.3 is 11.9 Å². The Hall–Kier alpha value is -2.61. The Morgan fingerprint density at radius 3 is 2.15 bits per heavy atom. The number of carbonyl (C=O) groups is 3. The second kappa shape index (κ2) is 11.2. The minimum Gasteiger partial charge on any atom is -0.497 e. The molecule has 2 rings (SSSR count). The lowest BCUT2D eigenvalue weighted by Gasteiger charge is -2.35. The van der Waals surface area contributed by atoms with E-state index in [4.69, 9.17) is 24.5 Å². The molecule has 1 aromatic carbocycles. The number of amides is 1. The molecule has 1 amide bonds. The second-order valence-corrected chi connectivity index (χ2v) is 6.72. The molecule has 1 heterocycles. The van der Waals surface area contributed by atoms with Crippen LogP contribution in [-0.2, 0) is 20.9 Å². The molecule has 0 aliphatic carbocycles. The smallest absolute Gasteiger partial charge is 0.414 e. The number of nitrogens with zero attached hydrogens (tertiary/aromatic N) is 2. The minimum atomic E-state index is -1.82. The van der Waals surface area contributed by atoms with Gasteiger partial charge in [0.1, 0.15) is 5.75 Å². The number of ether oxygens (including phenoxy) is 1. The highest BCUT2D eigenvalue weighted by Gasteiger charge is 2.21. The molecule has 1 aliphatic heterocycles. The van der Waals surface area contributed by atoms with Crippen molar-refractivity contribution >= 4 is 17.8 Å². The predicted molar refractivity (Wildman–Crippen MR) is 99.6 cm³/mol. The van der Waals surface area contributed by atoms with Crippen LogP contribution in [0.15, 0.2) is 24.3 Å². The summed E-state index contributed by atoms with van der Waals surface area (Å²) in [6.07, 6.45) is 0.663. The van der Waals surface area contributed by atoms with Crippen LogP contribution in [0.5, 0.6) is 5.75 Å². The third-order valence-electron chi connectivity index (χ3n) is 4.03. The lowest BCUT2D eigenvalue weighted by molar-refractivity contribution is -0.159. The first-order chi connectivity index (χ1) is 12.7. The Morgan fingerprint density at radius 2 is 1.67 bits per heavy atom. The van der Waals surface area contributed by atoms with Crippen molar-refractivity contribution < 1.29 is 29.3 Å². The Morgan fingerprint density at radius 1 is 1.07 bits per heavy atom. The fourth-order valence-electron chi connectivity index (χ4n) is 2.66. The van der Waals surface area contributed by atoms with Gasteiger partial charge in [-0.05, 0) is 23.6 Å². The van der Waals surface area contributed by atoms with Crippen LogP contribution >= 0.6 is 0 Å². The van der Waals surface area contributed by atoms with E-state index in [-0.39, 0.29) is 0 Å². The van der Waals surface area contributed by atoms with E-state index in [0.717, 1.165) is 38.5 Å². The molecule has 8 nitrogen and oxygen atoms in total. The van der Waals surface area contributed by atoms with Crippen LogP contribution in [-0.4, -0.2) is 71.1 Å². The molecule has 8 heteroatoms. The maximum Gasteiger partial charge on any atom is 0.414 e. The molecule has 0 aromatic heterocycles. The molecule has 1 aromatic rings. The van der Waals surface area contributed by atoms with Crippen molar-refractivity contribution in [2.75, 3.05) is 33.3 Å². The normalized spacial score (nSPS) is 14.3. The van der Waals surface area contributed by atoms with Gasteiger partial charge in [-0.2, -0.15) is 0 Å². The van der Waals surface area contributed by atoms with Crippen LogP contribution < -0.4 is 4.74 Å². The zero-order chi connectivity index (χ0) is 20.4. The Labute approximate surface area is 159 Å². The number of rotatable bonds is 5. The highest BCUT2D eigenvalue weighted by atomic mass is 16.5. The number of hydrogen-bond donors (Lipinski definition) is 2. The van der Waals surface area contributed by atoms with E-state index >= 15 is 0 Å². The highest BCUT2D eigenvalue weighted by molar-refractivity contribution is 6.27. The third kappa shape index (κ3) is 8.54. The van der Waals surface area contributed by atoms with E-state index in [1.54, 1.807) is 7.11 Å². The lowest BCUT2D eigenvalue weighted by Crippen LogP contribution is -2.48. The van der Waals surface area contributed by atoms with Crippen molar-refractivity contribution in [3.63, 3.8) is 0 Å². The summed E-state index contributed by atoms with van der Waals surface area (Å²) in [6, 6.07) is 8.19. The van der Waals surface area contributed by atoms with Gasteiger partial charge in [-0.25, -0.2) is 9.59 Å². The summed E-state index contributed by atoms with van der Waals surface area (Å²) in [6.45, 7) is 8.68. The average molecular weight is 380 g/mol. The maximum atomic E-state index is 12.0. The first-order valence-corrected chi connectivity index (χ1v) is 8.82. The summed E-state index contributed by atoms with van der Waals surface area (Å²) < 4.78 is 5.26. The number of aliphatic carboxylic acids is 2. The van der Waals surface area contributed by atoms with Gasteiger partial charge in [-0.15, -0.1) is 0 Å². The number of carboxylic acids is 2. The summed E-state index contributed by atoms with van der Waals surface area (Å²) in [4.78, 5) is 34.6. The van der Waals surface area contributed by atoms with Gasteiger partial charge in [0.25, 0.3) is 0 Å². The van der Waals surface area contributed by atoms with Gasteiger partial charge in [0.05, 0.1) is 7.11 Å². The number of hydrogen-bond acceptors (Lipinski definition) is 5. The first kappa shape index (κ1) is 22.4. The Kier molecular flexibility index (Phi) is 9.29. The molecule has 1 aliphatic rings. The summed E-state index contributed by atoms with van der Waals surface area (Å²) >= 11 is 0. The van der Waals surface area contributed by atoms with E-state index < -0.39 is 11.9 Å². The molecule has 0 unspecified atom stereocenters. The largest absolute Gasteiger partial charge is 0.497 e. The third-order valence-corrected chi connectivity index (χ3v) is 4.03. The lowest BCUT2D eigenvalue weighted by atomic mass is 10.1. The molecule has 27 heavy (non-hydrogen) atoms. The van der Waals surface area contributed by atoms with Crippen molar-refractivity contribution in [2.24, 2.45) is 5.92 Å².